The third-order valence-electron chi connectivity index (χ3n) is 5.51. The fourth-order valence-electron chi connectivity index (χ4n) is 3.53. The van der Waals surface area contributed by atoms with Crippen LogP contribution in [0, 0.1) is 5.41 Å². The lowest BCUT2D eigenvalue weighted by atomic mass is 9.77. The third kappa shape index (κ3) is 3.37. The molecule has 0 heterocycles. The maximum absolute atomic E-state index is 12.8. The second-order valence-electron chi connectivity index (χ2n) is 7.04. The molecule has 0 amide bonds. The zero-order chi connectivity index (χ0) is 16.2. The molecule has 1 aliphatic carbocycles. The minimum atomic E-state index is -0.339. The normalized spacial score (nSPS) is 23.5. The summed E-state index contributed by atoms with van der Waals surface area (Å²) in [6, 6.07) is 8.56. The van der Waals surface area contributed by atoms with Crippen LogP contribution in [-0.2, 0) is 22.4 Å². The van der Waals surface area contributed by atoms with E-state index in [2.05, 4.69) is 52.0 Å². The van der Waals surface area contributed by atoms with Gasteiger partial charge >= 0.3 is 5.97 Å². The molecule has 0 aromatic heterocycles. The first kappa shape index (κ1) is 17.1. The molecule has 2 atom stereocenters. The van der Waals surface area contributed by atoms with Crippen LogP contribution in [0.25, 0.3) is 0 Å². The van der Waals surface area contributed by atoms with E-state index in [-0.39, 0.29) is 17.0 Å². The number of benzene rings is 1. The third-order valence-corrected chi connectivity index (χ3v) is 5.51. The van der Waals surface area contributed by atoms with Crippen molar-refractivity contribution in [2.75, 3.05) is 0 Å². The zero-order valence-electron chi connectivity index (χ0n) is 14.6. The van der Waals surface area contributed by atoms with Gasteiger partial charge < -0.3 is 4.74 Å². The van der Waals surface area contributed by atoms with Crippen LogP contribution in [0.5, 0.6) is 0 Å². The first-order valence-corrected chi connectivity index (χ1v) is 8.79. The van der Waals surface area contributed by atoms with Crippen molar-refractivity contribution in [2.45, 2.75) is 78.2 Å². The van der Waals surface area contributed by atoms with Crippen LogP contribution in [-0.4, -0.2) is 11.6 Å². The van der Waals surface area contributed by atoms with E-state index < -0.39 is 0 Å². The highest BCUT2D eigenvalue weighted by Gasteiger charge is 2.41. The molecular weight excluding hydrogens is 272 g/mol. The molecule has 0 fully saturated rings. The fraction of sp³-hybridized carbons (Fsp3) is 0.650. The van der Waals surface area contributed by atoms with Gasteiger partial charge in [0.25, 0.3) is 0 Å². The fourth-order valence-corrected chi connectivity index (χ4v) is 3.53. The lowest BCUT2D eigenvalue weighted by Crippen LogP contribution is -2.44. The summed E-state index contributed by atoms with van der Waals surface area (Å²) in [4.78, 5) is 12.8. The monoisotopic (exact) mass is 302 g/mol. The van der Waals surface area contributed by atoms with Gasteiger partial charge in [-0.15, -0.1) is 0 Å². The summed E-state index contributed by atoms with van der Waals surface area (Å²) in [7, 11) is 0. The molecule has 2 nitrogen and oxygen atoms in total. The number of fused-ring (bicyclic) bond motifs is 1. The second-order valence-corrected chi connectivity index (χ2v) is 7.04. The van der Waals surface area contributed by atoms with Gasteiger partial charge in [0.15, 0.2) is 0 Å². The molecule has 2 unspecified atom stereocenters. The van der Waals surface area contributed by atoms with Crippen LogP contribution in [0.15, 0.2) is 24.3 Å². The highest BCUT2D eigenvalue weighted by Crippen LogP contribution is 2.38. The smallest absolute Gasteiger partial charge is 0.312 e. The summed E-state index contributed by atoms with van der Waals surface area (Å²) < 4.78 is 6.15. The number of ether oxygens (including phenoxy) is 1. The minimum Gasteiger partial charge on any atom is -0.458 e. The standard InChI is InChI=1S/C20H30O2/c1-5-13-19(4,6-2)18(21)22-20(7-3)14-12-16-10-8-9-11-17(16)15-20/h8-11H,5-7,12-15H2,1-4H3. The van der Waals surface area contributed by atoms with E-state index in [4.69, 9.17) is 4.74 Å². The van der Waals surface area contributed by atoms with E-state index >= 15 is 0 Å². The van der Waals surface area contributed by atoms with E-state index in [1.54, 1.807) is 0 Å². The number of hydrogen-bond acceptors (Lipinski definition) is 2. The number of carbonyl (C=O) groups is 1. The molecule has 0 radical (unpaired) electrons. The first-order valence-electron chi connectivity index (χ1n) is 8.79. The van der Waals surface area contributed by atoms with Crippen LogP contribution in [0.1, 0.15) is 70.9 Å². The van der Waals surface area contributed by atoms with Gasteiger partial charge in [-0.2, -0.15) is 0 Å². The van der Waals surface area contributed by atoms with Crippen molar-refractivity contribution in [3.63, 3.8) is 0 Å². The molecule has 2 rings (SSSR count). The van der Waals surface area contributed by atoms with E-state index in [9.17, 15) is 4.79 Å². The lowest BCUT2D eigenvalue weighted by molar-refractivity contribution is -0.174. The van der Waals surface area contributed by atoms with E-state index in [1.165, 1.54) is 11.1 Å². The molecule has 1 aromatic rings. The van der Waals surface area contributed by atoms with Crippen molar-refractivity contribution in [1.82, 2.24) is 0 Å². The first-order chi connectivity index (χ1) is 10.5. The Hall–Kier alpha value is -1.31. The van der Waals surface area contributed by atoms with Crippen molar-refractivity contribution in [3.8, 4) is 0 Å². The average Bonchev–Trinajstić information content (AvgIpc) is 2.54. The summed E-state index contributed by atoms with van der Waals surface area (Å²) in [6.45, 7) is 8.42. The zero-order valence-corrected chi connectivity index (χ0v) is 14.6. The predicted octanol–water partition coefficient (Wildman–Crippen LogP) is 5.08. The van der Waals surface area contributed by atoms with Gasteiger partial charge in [0.05, 0.1) is 5.41 Å². The second kappa shape index (κ2) is 6.85. The van der Waals surface area contributed by atoms with Gasteiger partial charge in [-0.25, -0.2) is 0 Å². The molecule has 22 heavy (non-hydrogen) atoms. The Balaban J connectivity index is 2.17. The van der Waals surface area contributed by atoms with Gasteiger partial charge in [0, 0.05) is 6.42 Å². The van der Waals surface area contributed by atoms with Gasteiger partial charge in [0.2, 0.25) is 0 Å². The Labute approximate surface area is 135 Å². The number of aryl methyl sites for hydroxylation is 1. The van der Waals surface area contributed by atoms with Crippen LogP contribution in [0.2, 0.25) is 0 Å². The van der Waals surface area contributed by atoms with E-state index in [0.29, 0.717) is 0 Å². The van der Waals surface area contributed by atoms with Crippen molar-refractivity contribution in [3.05, 3.63) is 35.4 Å². The molecule has 0 spiro atoms. The molecule has 122 valence electrons. The van der Waals surface area contributed by atoms with Gasteiger partial charge in [0.1, 0.15) is 5.60 Å². The Morgan fingerprint density at radius 3 is 2.50 bits per heavy atom. The van der Waals surface area contributed by atoms with Crippen LogP contribution < -0.4 is 0 Å². The summed E-state index contributed by atoms with van der Waals surface area (Å²) in [5.41, 5.74) is 2.11. The Morgan fingerprint density at radius 2 is 1.91 bits per heavy atom. The summed E-state index contributed by atoms with van der Waals surface area (Å²) in [5, 5.41) is 0. The van der Waals surface area contributed by atoms with Gasteiger partial charge in [-0.3, -0.25) is 4.79 Å². The summed E-state index contributed by atoms with van der Waals surface area (Å²) in [5.74, 6) is -0.00178. The molecule has 0 bridgehead atoms. The topological polar surface area (TPSA) is 26.3 Å². The quantitative estimate of drug-likeness (QED) is 0.685. The van der Waals surface area contributed by atoms with E-state index in [1.807, 2.05) is 0 Å². The highest BCUT2D eigenvalue weighted by atomic mass is 16.6. The lowest BCUT2D eigenvalue weighted by Gasteiger charge is -2.40. The molecule has 0 saturated carbocycles. The molecule has 0 aliphatic heterocycles. The average molecular weight is 302 g/mol. The number of hydrogen-bond donors (Lipinski definition) is 0. The van der Waals surface area contributed by atoms with Gasteiger partial charge in [-0.1, -0.05) is 51.5 Å². The minimum absolute atomic E-state index is 0.00178. The summed E-state index contributed by atoms with van der Waals surface area (Å²) >= 11 is 0. The number of carbonyl (C=O) groups excluding carboxylic acids is 1. The molecule has 1 aromatic carbocycles. The molecular formula is C20H30O2. The van der Waals surface area contributed by atoms with Crippen LogP contribution in [0.4, 0.5) is 0 Å². The molecule has 1 aliphatic rings. The Morgan fingerprint density at radius 1 is 1.23 bits per heavy atom. The molecule has 0 N–H and O–H groups in total. The highest BCUT2D eigenvalue weighted by molar-refractivity contribution is 5.76. The van der Waals surface area contributed by atoms with Crippen molar-refractivity contribution in [1.29, 1.82) is 0 Å². The Kier molecular flexibility index (Phi) is 5.31. The maximum Gasteiger partial charge on any atom is 0.312 e. The van der Waals surface area contributed by atoms with Crippen LogP contribution >= 0.6 is 0 Å². The number of rotatable bonds is 6. The predicted molar refractivity (Wildman–Crippen MR) is 90.9 cm³/mol. The number of esters is 1. The maximum atomic E-state index is 12.8. The van der Waals surface area contributed by atoms with Crippen LogP contribution in [0.3, 0.4) is 0 Å². The van der Waals surface area contributed by atoms with Crippen molar-refractivity contribution >= 4 is 5.97 Å². The molecule has 0 saturated heterocycles. The molecule has 2 heteroatoms. The largest absolute Gasteiger partial charge is 0.458 e. The van der Waals surface area contributed by atoms with Gasteiger partial charge in [-0.05, 0) is 50.2 Å². The van der Waals surface area contributed by atoms with Crippen molar-refractivity contribution in [2.24, 2.45) is 5.41 Å². The SMILES string of the molecule is CCCC(C)(CC)C(=O)OC1(CC)CCc2ccccc2C1. The van der Waals surface area contributed by atoms with E-state index in [0.717, 1.165) is 44.9 Å². The Bertz CT molecular complexity index is 522. The van der Waals surface area contributed by atoms with Crippen molar-refractivity contribution < 1.29 is 9.53 Å². The summed E-state index contributed by atoms with van der Waals surface area (Å²) in [6.07, 6.45) is 6.46.